The number of halogens is 1. The van der Waals surface area contributed by atoms with Gasteiger partial charge in [-0.25, -0.2) is 0 Å². The summed E-state index contributed by atoms with van der Waals surface area (Å²) in [5.41, 5.74) is 2.17. The first-order valence-corrected chi connectivity index (χ1v) is 6.79. The molecule has 1 heterocycles. The quantitative estimate of drug-likeness (QED) is 0.876. The minimum atomic E-state index is 0.515. The summed E-state index contributed by atoms with van der Waals surface area (Å²) in [7, 11) is 0. The average Bonchev–Trinajstić information content (AvgIpc) is 2.92. The Morgan fingerprint density at radius 2 is 1.94 bits per heavy atom. The highest BCUT2D eigenvalue weighted by molar-refractivity contribution is 6.30. The average molecular weight is 252 g/mol. The molecule has 2 aliphatic rings. The second-order valence-corrected chi connectivity index (χ2v) is 5.87. The predicted molar refractivity (Wildman–Crippen MR) is 69.4 cm³/mol. The number of nitrogens with one attached hydrogen (secondary N) is 1. The van der Waals surface area contributed by atoms with Crippen molar-refractivity contribution in [2.45, 2.75) is 45.6 Å². The Kier molecular flexibility index (Phi) is 2.74. The number of hydrogen-bond acceptors (Lipinski definition) is 3. The summed E-state index contributed by atoms with van der Waals surface area (Å²) in [5.74, 6) is 2.71. The van der Waals surface area contributed by atoms with Gasteiger partial charge in [0.2, 0.25) is 0 Å². The summed E-state index contributed by atoms with van der Waals surface area (Å²) < 4.78 is 0. The fourth-order valence-electron chi connectivity index (χ4n) is 3.31. The van der Waals surface area contributed by atoms with Gasteiger partial charge in [0.1, 0.15) is 0 Å². The molecular formula is C13H18ClN3. The van der Waals surface area contributed by atoms with Crippen LogP contribution < -0.4 is 5.32 Å². The standard InChI is InChI=1S/C13H18ClN3/c1-7-8(2)13(17-16-12(7)14)15-11-6-9-3-4-10(11)5-9/h9-11H,3-6H2,1-2H3,(H,15,17). The molecule has 1 N–H and O–H groups in total. The van der Waals surface area contributed by atoms with Crippen molar-refractivity contribution in [1.82, 2.24) is 10.2 Å². The number of aromatic nitrogens is 2. The molecule has 2 bridgehead atoms. The molecule has 0 saturated heterocycles. The molecule has 0 radical (unpaired) electrons. The van der Waals surface area contributed by atoms with Crippen LogP contribution in [-0.2, 0) is 0 Å². The predicted octanol–water partition coefficient (Wildman–Crippen LogP) is 3.35. The largest absolute Gasteiger partial charge is 0.365 e. The van der Waals surface area contributed by atoms with Crippen molar-refractivity contribution >= 4 is 17.4 Å². The Labute approximate surface area is 107 Å². The van der Waals surface area contributed by atoms with E-state index in [1.807, 2.05) is 6.92 Å². The highest BCUT2D eigenvalue weighted by atomic mass is 35.5. The maximum Gasteiger partial charge on any atom is 0.155 e. The van der Waals surface area contributed by atoms with Crippen LogP contribution in [0.1, 0.15) is 36.8 Å². The molecule has 3 nitrogen and oxygen atoms in total. The molecule has 3 atom stereocenters. The van der Waals surface area contributed by atoms with E-state index in [2.05, 4.69) is 22.4 Å². The van der Waals surface area contributed by atoms with Crippen LogP contribution in [0.2, 0.25) is 5.15 Å². The molecule has 0 aliphatic heterocycles. The Bertz CT molecular complexity index is 447. The summed E-state index contributed by atoms with van der Waals surface area (Å²) in [4.78, 5) is 0. The fraction of sp³-hybridized carbons (Fsp3) is 0.692. The first kappa shape index (κ1) is 11.3. The number of anilines is 1. The molecule has 1 aromatic rings. The van der Waals surface area contributed by atoms with Gasteiger partial charge in [-0.3, -0.25) is 0 Å². The van der Waals surface area contributed by atoms with E-state index in [1.165, 1.54) is 25.7 Å². The SMILES string of the molecule is Cc1c(Cl)nnc(NC2CC3CCC2C3)c1C. The Balaban J connectivity index is 1.79. The summed E-state index contributed by atoms with van der Waals surface area (Å²) in [5, 5.41) is 12.3. The van der Waals surface area contributed by atoms with Crippen LogP contribution in [0.5, 0.6) is 0 Å². The molecular weight excluding hydrogens is 234 g/mol. The zero-order valence-corrected chi connectivity index (χ0v) is 11.1. The second kappa shape index (κ2) is 4.13. The topological polar surface area (TPSA) is 37.8 Å². The summed E-state index contributed by atoms with van der Waals surface area (Å²) in [6.07, 6.45) is 5.50. The maximum atomic E-state index is 5.96. The lowest BCUT2D eigenvalue weighted by molar-refractivity contribution is 0.438. The zero-order valence-electron chi connectivity index (χ0n) is 10.3. The molecule has 2 saturated carbocycles. The van der Waals surface area contributed by atoms with Crippen molar-refractivity contribution in [3.8, 4) is 0 Å². The Morgan fingerprint density at radius 3 is 2.59 bits per heavy atom. The van der Waals surface area contributed by atoms with Crippen LogP contribution in [0.3, 0.4) is 0 Å². The van der Waals surface area contributed by atoms with Crippen LogP contribution in [0.15, 0.2) is 0 Å². The maximum absolute atomic E-state index is 5.96. The zero-order chi connectivity index (χ0) is 12.0. The van der Waals surface area contributed by atoms with Crippen LogP contribution in [0.4, 0.5) is 5.82 Å². The molecule has 17 heavy (non-hydrogen) atoms. The molecule has 2 fully saturated rings. The van der Waals surface area contributed by atoms with E-state index in [1.54, 1.807) is 0 Å². The normalized spacial score (nSPS) is 30.9. The highest BCUT2D eigenvalue weighted by Gasteiger charge is 2.39. The Morgan fingerprint density at radius 1 is 1.12 bits per heavy atom. The molecule has 92 valence electrons. The van der Waals surface area contributed by atoms with Gasteiger partial charge in [0, 0.05) is 6.04 Å². The van der Waals surface area contributed by atoms with Crippen LogP contribution >= 0.6 is 11.6 Å². The van der Waals surface area contributed by atoms with Crippen molar-refractivity contribution in [3.63, 3.8) is 0 Å². The fourth-order valence-corrected chi connectivity index (χ4v) is 3.49. The van der Waals surface area contributed by atoms with Gasteiger partial charge in [-0.1, -0.05) is 18.0 Å². The van der Waals surface area contributed by atoms with Crippen molar-refractivity contribution in [2.75, 3.05) is 5.32 Å². The van der Waals surface area contributed by atoms with E-state index in [0.29, 0.717) is 11.2 Å². The molecule has 3 unspecified atom stereocenters. The third kappa shape index (κ3) is 1.90. The van der Waals surface area contributed by atoms with E-state index >= 15 is 0 Å². The molecule has 1 aromatic heterocycles. The third-order valence-electron chi connectivity index (χ3n) is 4.53. The lowest BCUT2D eigenvalue weighted by Gasteiger charge is -2.24. The summed E-state index contributed by atoms with van der Waals surface area (Å²) in [6.45, 7) is 4.06. The minimum Gasteiger partial charge on any atom is -0.365 e. The van der Waals surface area contributed by atoms with Crippen molar-refractivity contribution in [1.29, 1.82) is 0 Å². The van der Waals surface area contributed by atoms with Crippen molar-refractivity contribution < 1.29 is 0 Å². The molecule has 0 aromatic carbocycles. The van der Waals surface area contributed by atoms with Crippen LogP contribution in [-0.4, -0.2) is 16.2 Å². The first-order valence-electron chi connectivity index (χ1n) is 6.41. The smallest absolute Gasteiger partial charge is 0.155 e. The molecule has 2 aliphatic carbocycles. The number of nitrogens with zero attached hydrogens (tertiary/aromatic N) is 2. The summed E-state index contributed by atoms with van der Waals surface area (Å²) >= 11 is 5.96. The van der Waals surface area contributed by atoms with Gasteiger partial charge >= 0.3 is 0 Å². The van der Waals surface area contributed by atoms with E-state index < -0.39 is 0 Å². The van der Waals surface area contributed by atoms with E-state index in [4.69, 9.17) is 11.6 Å². The lowest BCUT2D eigenvalue weighted by atomic mass is 9.95. The molecule has 4 heteroatoms. The van der Waals surface area contributed by atoms with Gasteiger partial charge < -0.3 is 5.32 Å². The molecule has 0 amide bonds. The monoisotopic (exact) mass is 251 g/mol. The molecule has 0 spiro atoms. The van der Waals surface area contributed by atoms with E-state index in [9.17, 15) is 0 Å². The number of fused-ring (bicyclic) bond motifs is 2. The van der Waals surface area contributed by atoms with Crippen molar-refractivity contribution in [2.24, 2.45) is 11.8 Å². The van der Waals surface area contributed by atoms with Gasteiger partial charge in [0.05, 0.1) is 0 Å². The summed E-state index contributed by atoms with van der Waals surface area (Å²) in [6, 6.07) is 0.599. The molecule has 3 rings (SSSR count). The van der Waals surface area contributed by atoms with Gasteiger partial charge in [-0.05, 0) is 56.1 Å². The first-order chi connectivity index (χ1) is 8.15. The van der Waals surface area contributed by atoms with Crippen LogP contribution in [0.25, 0.3) is 0 Å². The second-order valence-electron chi connectivity index (χ2n) is 5.52. The van der Waals surface area contributed by atoms with E-state index in [0.717, 1.165) is 28.8 Å². The van der Waals surface area contributed by atoms with Gasteiger partial charge in [-0.15, -0.1) is 10.2 Å². The van der Waals surface area contributed by atoms with E-state index in [-0.39, 0.29) is 0 Å². The van der Waals surface area contributed by atoms with Crippen LogP contribution in [0, 0.1) is 25.7 Å². The lowest BCUT2D eigenvalue weighted by Crippen LogP contribution is -2.27. The number of hydrogen-bond donors (Lipinski definition) is 1. The third-order valence-corrected chi connectivity index (χ3v) is 4.88. The van der Waals surface area contributed by atoms with Crippen molar-refractivity contribution in [3.05, 3.63) is 16.3 Å². The van der Waals surface area contributed by atoms with Gasteiger partial charge in [0.15, 0.2) is 11.0 Å². The van der Waals surface area contributed by atoms with Gasteiger partial charge in [0.25, 0.3) is 0 Å². The number of rotatable bonds is 2. The van der Waals surface area contributed by atoms with Gasteiger partial charge in [-0.2, -0.15) is 0 Å². The minimum absolute atomic E-state index is 0.515. The highest BCUT2D eigenvalue weighted by Crippen LogP contribution is 2.45. The Hall–Kier alpha value is -0.830.